The summed E-state index contributed by atoms with van der Waals surface area (Å²) in [5.41, 5.74) is -0.112. The number of alkyl halides is 3. The number of aliphatic carboxylic acids is 1. The highest BCUT2D eigenvalue weighted by atomic mass is 19.4. The molecule has 1 amide bonds. The lowest BCUT2D eigenvalue weighted by Crippen LogP contribution is -2.48. The Kier molecular flexibility index (Phi) is 5.25. The fourth-order valence-electron chi connectivity index (χ4n) is 2.29. The van der Waals surface area contributed by atoms with Crippen LogP contribution in [0.4, 0.5) is 13.2 Å². The molecule has 1 N–H and O–H groups in total. The number of ether oxygens (including phenoxy) is 1. The van der Waals surface area contributed by atoms with E-state index < -0.39 is 23.8 Å². The Hall–Kier alpha value is -2.09. The molecule has 1 fully saturated rings. The van der Waals surface area contributed by atoms with Gasteiger partial charge in [0.2, 0.25) is 5.91 Å². The Labute approximate surface area is 130 Å². The number of rotatable bonds is 4. The predicted molar refractivity (Wildman–Crippen MR) is 73.7 cm³/mol. The number of nitrogens with zero attached hydrogens (tertiary/aromatic N) is 1. The van der Waals surface area contributed by atoms with E-state index in [0.29, 0.717) is 18.5 Å². The summed E-state index contributed by atoms with van der Waals surface area (Å²) in [7, 11) is 0. The molecule has 1 aromatic carbocycles. The van der Waals surface area contributed by atoms with Crippen LogP contribution in [0.3, 0.4) is 0 Å². The lowest BCUT2D eigenvalue weighted by molar-refractivity contribution is -0.159. The van der Waals surface area contributed by atoms with Gasteiger partial charge in [0.1, 0.15) is 0 Å². The number of hydrogen-bond acceptors (Lipinski definition) is 3. The summed E-state index contributed by atoms with van der Waals surface area (Å²) in [5.74, 6) is -1.36. The number of carbonyl (C=O) groups excluding carboxylic acids is 1. The number of hydrogen-bond donors (Lipinski definition) is 1. The number of aryl methyl sites for hydroxylation is 1. The third-order valence-electron chi connectivity index (χ3n) is 3.60. The lowest BCUT2D eigenvalue weighted by Gasteiger charge is -2.31. The molecule has 5 nitrogen and oxygen atoms in total. The summed E-state index contributed by atoms with van der Waals surface area (Å²) in [4.78, 5) is 24.3. The normalized spacial score (nSPS) is 18.7. The maximum atomic E-state index is 12.5. The molecule has 1 saturated heterocycles. The van der Waals surface area contributed by atoms with Crippen LogP contribution < -0.4 is 0 Å². The Morgan fingerprint density at radius 1 is 1.26 bits per heavy atom. The Morgan fingerprint density at radius 3 is 2.48 bits per heavy atom. The molecule has 1 aliphatic heterocycles. The first kappa shape index (κ1) is 17.3. The zero-order chi connectivity index (χ0) is 17.0. The minimum atomic E-state index is -4.38. The summed E-state index contributed by atoms with van der Waals surface area (Å²) in [6.45, 7) is 0.458. The number of halogens is 3. The molecule has 1 atom stereocenters. The second-order valence-corrected chi connectivity index (χ2v) is 5.23. The van der Waals surface area contributed by atoms with Crippen molar-refractivity contribution in [2.45, 2.75) is 25.1 Å². The number of benzene rings is 1. The lowest BCUT2D eigenvalue weighted by atomic mass is 10.1. The number of carbonyl (C=O) groups is 2. The highest BCUT2D eigenvalue weighted by molar-refractivity contribution is 5.78. The molecule has 1 aromatic rings. The van der Waals surface area contributed by atoms with Crippen molar-refractivity contribution in [1.82, 2.24) is 4.90 Å². The average Bonchev–Trinajstić information content (AvgIpc) is 2.52. The minimum Gasteiger partial charge on any atom is -0.479 e. The minimum absolute atomic E-state index is 0.0127. The van der Waals surface area contributed by atoms with Crippen LogP contribution in [0.15, 0.2) is 24.3 Å². The van der Waals surface area contributed by atoms with Gasteiger partial charge in [0, 0.05) is 13.0 Å². The number of morpholine rings is 1. The van der Waals surface area contributed by atoms with Crippen LogP contribution in [-0.2, 0) is 26.9 Å². The Bertz CT molecular complexity index is 571. The fourth-order valence-corrected chi connectivity index (χ4v) is 2.29. The molecule has 0 saturated carbocycles. The van der Waals surface area contributed by atoms with Crippen molar-refractivity contribution in [2.24, 2.45) is 0 Å². The molecule has 23 heavy (non-hydrogen) atoms. The second kappa shape index (κ2) is 6.99. The predicted octanol–water partition coefficient (Wildman–Crippen LogP) is 1.95. The number of carboxylic acid groups (broad SMARTS) is 1. The zero-order valence-electron chi connectivity index (χ0n) is 12.2. The number of carboxylic acids is 1. The molecule has 2 rings (SSSR count). The van der Waals surface area contributed by atoms with Crippen molar-refractivity contribution in [3.63, 3.8) is 0 Å². The SMILES string of the molecule is O=C(O)[C@H]1CN(C(=O)CCc2ccc(C(F)(F)F)cc2)CCO1. The summed E-state index contributed by atoms with van der Waals surface area (Å²) in [5, 5.41) is 8.88. The van der Waals surface area contributed by atoms with E-state index in [-0.39, 0.29) is 25.5 Å². The van der Waals surface area contributed by atoms with Crippen LogP contribution in [0.5, 0.6) is 0 Å². The smallest absolute Gasteiger partial charge is 0.416 e. The van der Waals surface area contributed by atoms with E-state index in [4.69, 9.17) is 9.84 Å². The van der Waals surface area contributed by atoms with E-state index in [9.17, 15) is 22.8 Å². The van der Waals surface area contributed by atoms with E-state index in [1.807, 2.05) is 0 Å². The van der Waals surface area contributed by atoms with Crippen LogP contribution in [-0.4, -0.2) is 47.7 Å². The molecule has 126 valence electrons. The van der Waals surface area contributed by atoms with Crippen molar-refractivity contribution in [3.8, 4) is 0 Å². The van der Waals surface area contributed by atoms with Gasteiger partial charge in [-0.15, -0.1) is 0 Å². The Balaban J connectivity index is 1.88. The maximum absolute atomic E-state index is 12.5. The molecule has 0 aliphatic carbocycles. The summed E-state index contributed by atoms with van der Waals surface area (Å²) < 4.78 is 42.4. The van der Waals surface area contributed by atoms with E-state index in [1.165, 1.54) is 17.0 Å². The molecular weight excluding hydrogens is 315 g/mol. The molecule has 0 unspecified atom stereocenters. The van der Waals surface area contributed by atoms with Gasteiger partial charge in [0.25, 0.3) is 0 Å². The first-order chi connectivity index (χ1) is 10.8. The topological polar surface area (TPSA) is 66.8 Å². The average molecular weight is 331 g/mol. The van der Waals surface area contributed by atoms with E-state index >= 15 is 0 Å². The molecule has 1 aliphatic rings. The first-order valence-corrected chi connectivity index (χ1v) is 7.05. The second-order valence-electron chi connectivity index (χ2n) is 5.23. The molecule has 0 spiro atoms. The zero-order valence-corrected chi connectivity index (χ0v) is 12.2. The maximum Gasteiger partial charge on any atom is 0.416 e. The van der Waals surface area contributed by atoms with Crippen molar-refractivity contribution >= 4 is 11.9 Å². The van der Waals surface area contributed by atoms with Crippen LogP contribution in [0.1, 0.15) is 17.5 Å². The van der Waals surface area contributed by atoms with Gasteiger partial charge in [-0.25, -0.2) is 4.79 Å². The van der Waals surface area contributed by atoms with Gasteiger partial charge in [-0.1, -0.05) is 12.1 Å². The molecule has 0 radical (unpaired) electrons. The molecule has 8 heteroatoms. The van der Waals surface area contributed by atoms with Gasteiger partial charge in [-0.05, 0) is 24.1 Å². The summed E-state index contributed by atoms with van der Waals surface area (Å²) in [6.07, 6.45) is -5.00. The van der Waals surface area contributed by atoms with Gasteiger partial charge < -0.3 is 14.7 Å². The van der Waals surface area contributed by atoms with Gasteiger partial charge in [-0.3, -0.25) is 4.79 Å². The van der Waals surface area contributed by atoms with E-state index in [2.05, 4.69) is 0 Å². The van der Waals surface area contributed by atoms with Crippen LogP contribution in [0, 0.1) is 0 Å². The van der Waals surface area contributed by atoms with Crippen LogP contribution in [0.25, 0.3) is 0 Å². The van der Waals surface area contributed by atoms with E-state index in [1.54, 1.807) is 0 Å². The monoisotopic (exact) mass is 331 g/mol. The van der Waals surface area contributed by atoms with Crippen molar-refractivity contribution < 1.29 is 32.6 Å². The van der Waals surface area contributed by atoms with Crippen molar-refractivity contribution in [1.29, 1.82) is 0 Å². The largest absolute Gasteiger partial charge is 0.479 e. The first-order valence-electron chi connectivity index (χ1n) is 7.05. The standard InChI is InChI=1S/C15H16F3NO4/c16-15(17,18)11-4-1-10(2-5-11)3-6-13(20)19-7-8-23-12(9-19)14(21)22/h1-2,4-5,12H,3,6-9H2,(H,21,22)/t12-/m1/s1. The molecule has 1 heterocycles. The van der Waals surface area contributed by atoms with Gasteiger partial charge >= 0.3 is 12.1 Å². The highest BCUT2D eigenvalue weighted by Crippen LogP contribution is 2.29. The van der Waals surface area contributed by atoms with Gasteiger partial charge in [0.15, 0.2) is 6.10 Å². The van der Waals surface area contributed by atoms with Crippen LogP contribution in [0.2, 0.25) is 0 Å². The van der Waals surface area contributed by atoms with Gasteiger partial charge in [-0.2, -0.15) is 13.2 Å². The Morgan fingerprint density at radius 2 is 1.91 bits per heavy atom. The highest BCUT2D eigenvalue weighted by Gasteiger charge is 2.30. The fraction of sp³-hybridized carbons (Fsp3) is 0.467. The summed E-state index contributed by atoms with van der Waals surface area (Å²) >= 11 is 0. The van der Waals surface area contributed by atoms with Crippen molar-refractivity contribution in [3.05, 3.63) is 35.4 Å². The molecular formula is C15H16F3NO4. The molecule has 0 aromatic heterocycles. The summed E-state index contributed by atoms with van der Waals surface area (Å²) in [6, 6.07) is 4.65. The van der Waals surface area contributed by atoms with Crippen molar-refractivity contribution in [2.75, 3.05) is 19.7 Å². The van der Waals surface area contributed by atoms with E-state index in [0.717, 1.165) is 12.1 Å². The number of amides is 1. The third-order valence-corrected chi connectivity index (χ3v) is 3.60. The van der Waals surface area contributed by atoms with Gasteiger partial charge in [0.05, 0.1) is 18.7 Å². The van der Waals surface area contributed by atoms with Crippen LogP contribution >= 0.6 is 0 Å². The quantitative estimate of drug-likeness (QED) is 0.916. The molecule has 0 bridgehead atoms. The third kappa shape index (κ3) is 4.69.